The molecule has 0 atom stereocenters. The van der Waals surface area contributed by atoms with Gasteiger partial charge in [0.1, 0.15) is 0 Å². The zero-order valence-electron chi connectivity index (χ0n) is 12.3. The summed E-state index contributed by atoms with van der Waals surface area (Å²) in [5, 5.41) is 0. The average molecular weight is 261 g/mol. The van der Waals surface area contributed by atoms with Crippen molar-refractivity contribution in [3.8, 4) is 0 Å². The maximum Gasteiger partial charge on any atom is 0.182 e. The maximum absolute atomic E-state index is 12.9. The van der Waals surface area contributed by atoms with Crippen molar-refractivity contribution in [2.75, 3.05) is 26.3 Å². The van der Waals surface area contributed by atoms with E-state index in [-0.39, 0.29) is 5.78 Å². The van der Waals surface area contributed by atoms with Crippen molar-refractivity contribution in [1.29, 1.82) is 0 Å². The molecule has 1 aliphatic rings. The van der Waals surface area contributed by atoms with E-state index in [2.05, 4.69) is 4.90 Å². The van der Waals surface area contributed by atoms with Crippen LogP contribution in [0.15, 0.2) is 18.2 Å². The summed E-state index contributed by atoms with van der Waals surface area (Å²) in [6.07, 6.45) is 0. The highest BCUT2D eigenvalue weighted by Crippen LogP contribution is 2.24. The Morgan fingerprint density at radius 1 is 1.21 bits per heavy atom. The largest absolute Gasteiger partial charge is 0.379 e. The molecule has 3 heteroatoms. The summed E-state index contributed by atoms with van der Waals surface area (Å²) in [4.78, 5) is 15.1. The smallest absolute Gasteiger partial charge is 0.182 e. The predicted octanol–water partition coefficient (Wildman–Crippen LogP) is 2.60. The van der Waals surface area contributed by atoms with Gasteiger partial charge in [-0.1, -0.05) is 17.7 Å². The fraction of sp³-hybridized carbons (Fsp3) is 0.562. The number of hydrogen-bond acceptors (Lipinski definition) is 3. The van der Waals surface area contributed by atoms with Gasteiger partial charge in [0.15, 0.2) is 5.78 Å². The molecule has 0 bridgehead atoms. The second-order valence-electron chi connectivity index (χ2n) is 5.81. The first-order valence-corrected chi connectivity index (χ1v) is 6.88. The second kappa shape index (κ2) is 5.43. The zero-order valence-corrected chi connectivity index (χ0v) is 12.3. The van der Waals surface area contributed by atoms with Gasteiger partial charge in [-0.15, -0.1) is 0 Å². The Morgan fingerprint density at radius 2 is 1.84 bits per heavy atom. The highest BCUT2D eigenvalue weighted by molar-refractivity contribution is 6.03. The molecule has 0 saturated carbocycles. The Hall–Kier alpha value is -1.19. The van der Waals surface area contributed by atoms with Gasteiger partial charge in [-0.3, -0.25) is 9.69 Å². The van der Waals surface area contributed by atoms with Gasteiger partial charge in [0, 0.05) is 18.7 Å². The second-order valence-corrected chi connectivity index (χ2v) is 5.81. The summed E-state index contributed by atoms with van der Waals surface area (Å²) in [5.74, 6) is 0.204. The number of hydrogen-bond donors (Lipinski definition) is 0. The van der Waals surface area contributed by atoms with Crippen LogP contribution in [0.3, 0.4) is 0 Å². The lowest BCUT2D eigenvalue weighted by Crippen LogP contribution is -2.54. The molecule has 1 aliphatic heterocycles. The van der Waals surface area contributed by atoms with Crippen LogP contribution in [0, 0.1) is 13.8 Å². The number of ketones is 1. The number of nitrogens with zero attached hydrogens (tertiary/aromatic N) is 1. The van der Waals surface area contributed by atoms with E-state index in [1.54, 1.807) is 0 Å². The molecule has 0 unspecified atom stereocenters. The van der Waals surface area contributed by atoms with Crippen LogP contribution in [0.2, 0.25) is 0 Å². The molecule has 1 aromatic carbocycles. The van der Waals surface area contributed by atoms with Crippen molar-refractivity contribution in [3.05, 3.63) is 34.9 Å². The Bertz CT molecular complexity index is 474. The van der Waals surface area contributed by atoms with Crippen molar-refractivity contribution in [1.82, 2.24) is 4.90 Å². The zero-order chi connectivity index (χ0) is 14.0. The third kappa shape index (κ3) is 2.88. The molecule has 0 aliphatic carbocycles. The van der Waals surface area contributed by atoms with Crippen molar-refractivity contribution < 1.29 is 9.53 Å². The van der Waals surface area contributed by atoms with Crippen LogP contribution < -0.4 is 0 Å². The highest BCUT2D eigenvalue weighted by atomic mass is 16.5. The molecule has 19 heavy (non-hydrogen) atoms. The molecule has 0 spiro atoms. The van der Waals surface area contributed by atoms with Gasteiger partial charge in [0.2, 0.25) is 0 Å². The Kier molecular flexibility index (Phi) is 4.07. The lowest BCUT2D eigenvalue weighted by atomic mass is 9.88. The summed E-state index contributed by atoms with van der Waals surface area (Å²) in [7, 11) is 0. The van der Waals surface area contributed by atoms with Crippen molar-refractivity contribution in [2.45, 2.75) is 33.2 Å². The van der Waals surface area contributed by atoms with Crippen molar-refractivity contribution in [2.24, 2.45) is 0 Å². The van der Waals surface area contributed by atoms with Crippen molar-refractivity contribution in [3.63, 3.8) is 0 Å². The molecule has 0 amide bonds. The number of carbonyl (C=O) groups excluding carboxylic acids is 1. The van der Waals surface area contributed by atoms with E-state index in [1.165, 1.54) is 0 Å². The number of rotatable bonds is 3. The first-order chi connectivity index (χ1) is 8.93. The number of carbonyl (C=O) groups is 1. The molecular formula is C16H23NO2. The van der Waals surface area contributed by atoms with Gasteiger partial charge in [0.25, 0.3) is 0 Å². The van der Waals surface area contributed by atoms with E-state index in [0.717, 1.165) is 29.8 Å². The first kappa shape index (κ1) is 14.2. The molecule has 2 rings (SSSR count). The minimum Gasteiger partial charge on any atom is -0.379 e. The maximum atomic E-state index is 12.9. The molecule has 1 aromatic rings. The summed E-state index contributed by atoms with van der Waals surface area (Å²) < 4.78 is 5.37. The Morgan fingerprint density at radius 3 is 2.47 bits per heavy atom. The number of Topliss-reactive ketones (excluding diaryl/α,β-unsaturated/α-hetero) is 1. The quantitative estimate of drug-likeness (QED) is 0.783. The lowest BCUT2D eigenvalue weighted by molar-refractivity contribution is -0.00432. The Balaban J connectivity index is 2.28. The number of benzene rings is 1. The topological polar surface area (TPSA) is 29.5 Å². The number of morpholine rings is 1. The monoisotopic (exact) mass is 261 g/mol. The SMILES string of the molecule is Cc1ccc(C)c(C(=O)C(C)(C)N2CCOCC2)c1. The van der Waals surface area contributed by atoms with Gasteiger partial charge >= 0.3 is 0 Å². The van der Waals surface area contributed by atoms with Crippen LogP contribution in [-0.2, 0) is 4.74 Å². The molecule has 1 heterocycles. The molecular weight excluding hydrogens is 238 g/mol. The van der Waals surface area contributed by atoms with E-state index in [4.69, 9.17) is 4.74 Å². The summed E-state index contributed by atoms with van der Waals surface area (Å²) in [6.45, 7) is 11.1. The number of ether oxygens (including phenoxy) is 1. The third-order valence-electron chi connectivity index (χ3n) is 4.00. The van der Waals surface area contributed by atoms with Crippen LogP contribution >= 0.6 is 0 Å². The normalized spacial score (nSPS) is 17.5. The van der Waals surface area contributed by atoms with E-state index < -0.39 is 5.54 Å². The molecule has 1 fully saturated rings. The summed E-state index contributed by atoms with van der Waals surface area (Å²) in [6, 6.07) is 6.08. The standard InChI is InChI=1S/C16H23NO2/c1-12-5-6-13(2)14(11-12)15(18)16(3,4)17-7-9-19-10-8-17/h5-6,11H,7-10H2,1-4H3. The van der Waals surface area contributed by atoms with E-state index in [0.29, 0.717) is 13.2 Å². The molecule has 1 saturated heterocycles. The van der Waals surface area contributed by atoms with Crippen molar-refractivity contribution >= 4 is 5.78 Å². The third-order valence-corrected chi connectivity index (χ3v) is 4.00. The summed E-state index contributed by atoms with van der Waals surface area (Å²) in [5.41, 5.74) is 2.56. The van der Waals surface area contributed by atoms with Crippen LogP contribution in [0.5, 0.6) is 0 Å². The van der Waals surface area contributed by atoms with Gasteiger partial charge in [0.05, 0.1) is 18.8 Å². The van der Waals surface area contributed by atoms with Crippen LogP contribution in [0.1, 0.15) is 35.3 Å². The molecule has 0 N–H and O–H groups in total. The molecule has 0 radical (unpaired) electrons. The van der Waals surface area contributed by atoms with Gasteiger partial charge < -0.3 is 4.74 Å². The minimum atomic E-state index is -0.470. The van der Waals surface area contributed by atoms with Gasteiger partial charge in [-0.2, -0.15) is 0 Å². The number of aryl methyl sites for hydroxylation is 2. The fourth-order valence-electron chi connectivity index (χ4n) is 2.58. The molecule has 3 nitrogen and oxygen atoms in total. The molecule has 0 aromatic heterocycles. The Labute approximate surface area is 115 Å². The van der Waals surface area contributed by atoms with E-state index in [9.17, 15) is 4.79 Å². The highest BCUT2D eigenvalue weighted by Gasteiger charge is 2.36. The average Bonchev–Trinajstić information content (AvgIpc) is 2.41. The van der Waals surface area contributed by atoms with Gasteiger partial charge in [-0.05, 0) is 39.3 Å². The van der Waals surface area contributed by atoms with E-state index in [1.807, 2.05) is 45.9 Å². The predicted molar refractivity (Wildman–Crippen MR) is 76.7 cm³/mol. The first-order valence-electron chi connectivity index (χ1n) is 6.88. The van der Waals surface area contributed by atoms with Crippen LogP contribution in [-0.4, -0.2) is 42.5 Å². The van der Waals surface area contributed by atoms with E-state index >= 15 is 0 Å². The minimum absolute atomic E-state index is 0.204. The van der Waals surface area contributed by atoms with Crippen LogP contribution in [0.4, 0.5) is 0 Å². The summed E-state index contributed by atoms with van der Waals surface area (Å²) >= 11 is 0. The van der Waals surface area contributed by atoms with Crippen LogP contribution in [0.25, 0.3) is 0 Å². The lowest BCUT2D eigenvalue weighted by Gasteiger charge is -2.39. The molecule has 104 valence electrons. The fourth-order valence-corrected chi connectivity index (χ4v) is 2.58. The van der Waals surface area contributed by atoms with Gasteiger partial charge in [-0.25, -0.2) is 0 Å².